The number of nitrogens with zero attached hydrogens (tertiary/aromatic N) is 2. The summed E-state index contributed by atoms with van der Waals surface area (Å²) in [5, 5.41) is 9.87. The molecule has 9 heteroatoms. The van der Waals surface area contributed by atoms with Gasteiger partial charge in [0.25, 0.3) is 9.85 Å². The Morgan fingerprint density at radius 2 is 1.17 bits per heavy atom. The number of phenols is 1. The van der Waals surface area contributed by atoms with Gasteiger partial charge in [0.05, 0.1) is 20.9 Å². The maximum Gasteiger partial charge on any atom is 0.416 e. The fraction of sp³-hybridized carbons (Fsp3) is 0. The Labute approximate surface area is 163 Å². The van der Waals surface area contributed by atoms with E-state index in [0.29, 0.717) is 0 Å². The minimum absolute atomic E-state index is 0.117. The average molecular weight is 394 g/mol. The van der Waals surface area contributed by atoms with Crippen LogP contribution in [0.3, 0.4) is 0 Å². The second-order valence-electron chi connectivity index (χ2n) is 5.68. The van der Waals surface area contributed by atoms with Crippen molar-refractivity contribution in [1.29, 1.82) is 0 Å². The summed E-state index contributed by atoms with van der Waals surface area (Å²) < 4.78 is 0. The molecule has 0 unspecified atom stereocenters. The monoisotopic (exact) mass is 394 g/mol. The third-order valence-corrected chi connectivity index (χ3v) is 3.72. The highest BCUT2D eigenvalue weighted by Crippen LogP contribution is 2.30. The summed E-state index contributed by atoms with van der Waals surface area (Å²) in [6.45, 7) is 0. The van der Waals surface area contributed by atoms with E-state index in [1.807, 2.05) is 0 Å². The minimum Gasteiger partial charge on any atom is -0.502 e. The van der Waals surface area contributed by atoms with Crippen LogP contribution in [-0.4, -0.2) is 26.9 Å². The van der Waals surface area contributed by atoms with Gasteiger partial charge in [0.1, 0.15) is 6.07 Å². The van der Waals surface area contributed by atoms with Crippen LogP contribution in [0.25, 0.3) is 0 Å². The molecule has 3 aromatic rings. The third-order valence-electron chi connectivity index (χ3n) is 3.72. The van der Waals surface area contributed by atoms with Crippen molar-refractivity contribution in [3.8, 4) is 5.75 Å². The Balaban J connectivity index is 1.75. The molecule has 0 spiro atoms. The summed E-state index contributed by atoms with van der Waals surface area (Å²) in [6, 6.07) is 18.6. The normalized spacial score (nSPS) is 10.1. The van der Waals surface area contributed by atoms with Crippen molar-refractivity contribution in [2.45, 2.75) is 0 Å². The standard InChI is InChI=1S/C20H13N2O7/c23-18-12-11-16(21(26)28-19(24)14-7-3-1-4-8-14)13-17(18)22(27)29-20(25)15-9-5-2-6-10-15/h1-13H/q+1/p+1. The molecule has 144 valence electrons. The van der Waals surface area contributed by atoms with Crippen molar-refractivity contribution >= 4 is 23.3 Å². The lowest BCUT2D eigenvalue weighted by atomic mass is 10.2. The molecule has 0 fully saturated rings. The lowest BCUT2D eigenvalue weighted by Gasteiger charge is -1.97. The van der Waals surface area contributed by atoms with Gasteiger partial charge < -0.3 is 5.11 Å². The first kappa shape index (κ1) is 19.4. The van der Waals surface area contributed by atoms with Crippen LogP contribution in [0.2, 0.25) is 0 Å². The highest BCUT2D eigenvalue weighted by Gasteiger charge is 2.32. The number of rotatable bonds is 6. The third kappa shape index (κ3) is 4.66. The SMILES string of the molecule is O=C(O[N+](=O)c1ccc(O)c([N+](=O)OC(=O)c2ccccc2)c1)c1ccccc1. The summed E-state index contributed by atoms with van der Waals surface area (Å²) in [4.78, 5) is 57.2. The number of hydrogen-bond acceptors (Lipinski definition) is 7. The molecule has 3 aromatic carbocycles. The lowest BCUT2D eigenvalue weighted by molar-refractivity contribution is -0.719. The molecule has 0 aliphatic rings. The van der Waals surface area contributed by atoms with E-state index in [9.17, 15) is 24.5 Å². The summed E-state index contributed by atoms with van der Waals surface area (Å²) in [6.07, 6.45) is 0. The van der Waals surface area contributed by atoms with Gasteiger partial charge in [-0.05, 0) is 30.3 Å². The van der Waals surface area contributed by atoms with Gasteiger partial charge in [-0.3, -0.25) is 0 Å². The zero-order valence-corrected chi connectivity index (χ0v) is 14.8. The van der Waals surface area contributed by atoms with E-state index in [1.54, 1.807) is 36.4 Å². The molecule has 0 radical (unpaired) electrons. The van der Waals surface area contributed by atoms with Crippen LogP contribution in [0, 0.1) is 9.81 Å². The van der Waals surface area contributed by atoms with Gasteiger partial charge in [-0.25, -0.2) is 9.59 Å². The van der Waals surface area contributed by atoms with Crippen LogP contribution < -0.4 is 0 Å². The van der Waals surface area contributed by atoms with Crippen molar-refractivity contribution in [2.24, 2.45) is 0 Å². The molecule has 0 aliphatic heterocycles. The average Bonchev–Trinajstić information content (AvgIpc) is 2.75. The molecule has 0 atom stereocenters. The molecule has 0 amide bonds. The van der Waals surface area contributed by atoms with E-state index in [4.69, 9.17) is 0 Å². The van der Waals surface area contributed by atoms with Gasteiger partial charge in [0.2, 0.25) is 0 Å². The molecule has 0 heterocycles. The summed E-state index contributed by atoms with van der Waals surface area (Å²) >= 11 is 0. The topological polar surface area (TPSA) is 113 Å². The van der Waals surface area contributed by atoms with Gasteiger partial charge in [-0.1, -0.05) is 36.4 Å². The molecule has 0 saturated heterocycles. The Kier molecular flexibility index (Phi) is 5.69. The number of hydrogen-bond donors (Lipinski definition) is 1. The zero-order chi connectivity index (χ0) is 20.8. The smallest absolute Gasteiger partial charge is 0.416 e. The maximum absolute atomic E-state index is 12.2. The Bertz CT molecular complexity index is 1080. The Hall–Kier alpha value is -4.40. The van der Waals surface area contributed by atoms with Crippen LogP contribution in [0.15, 0.2) is 78.9 Å². The van der Waals surface area contributed by atoms with Crippen LogP contribution in [0.5, 0.6) is 5.75 Å². The quantitative estimate of drug-likeness (QED) is 0.633. The lowest BCUT2D eigenvalue weighted by Crippen LogP contribution is -2.13. The largest absolute Gasteiger partial charge is 0.502 e. The Morgan fingerprint density at radius 1 is 0.690 bits per heavy atom. The molecule has 3 rings (SSSR count). The molecule has 1 N–H and O–H groups in total. The molecular formula is C20H14N2O7+2. The Morgan fingerprint density at radius 3 is 1.69 bits per heavy atom. The molecule has 0 saturated carbocycles. The van der Waals surface area contributed by atoms with Crippen molar-refractivity contribution in [3.05, 3.63) is 99.8 Å². The molecule has 0 bridgehead atoms. The molecule has 0 aromatic heterocycles. The zero-order valence-electron chi connectivity index (χ0n) is 14.8. The van der Waals surface area contributed by atoms with E-state index in [1.165, 1.54) is 24.3 Å². The molecule has 29 heavy (non-hydrogen) atoms. The first-order valence-electron chi connectivity index (χ1n) is 8.28. The van der Waals surface area contributed by atoms with Gasteiger partial charge >= 0.3 is 23.3 Å². The highest BCUT2D eigenvalue weighted by molar-refractivity contribution is 5.89. The fourth-order valence-electron chi connectivity index (χ4n) is 2.28. The summed E-state index contributed by atoms with van der Waals surface area (Å²) in [5.74, 6) is -2.42. The van der Waals surface area contributed by atoms with Crippen molar-refractivity contribution in [1.82, 2.24) is 0 Å². The first-order chi connectivity index (χ1) is 14.0. The molecular weight excluding hydrogens is 380 g/mol. The predicted octanol–water partition coefficient (Wildman–Crippen LogP) is 3.76. The van der Waals surface area contributed by atoms with E-state index < -0.39 is 23.4 Å². The van der Waals surface area contributed by atoms with E-state index in [-0.39, 0.29) is 26.7 Å². The van der Waals surface area contributed by atoms with Gasteiger partial charge in [-0.15, -0.1) is 9.68 Å². The number of carbonyl (C=O) groups excluding carboxylic acids is 2. The first-order valence-corrected chi connectivity index (χ1v) is 8.28. The summed E-state index contributed by atoms with van der Waals surface area (Å²) in [7, 11) is 0. The molecule has 0 aliphatic carbocycles. The van der Waals surface area contributed by atoms with Crippen molar-refractivity contribution < 1.29 is 34.2 Å². The van der Waals surface area contributed by atoms with Crippen molar-refractivity contribution in [2.75, 3.05) is 0 Å². The summed E-state index contributed by atoms with van der Waals surface area (Å²) in [5.41, 5.74) is -0.539. The number of aromatic hydroxyl groups is 1. The van der Waals surface area contributed by atoms with Crippen LogP contribution in [-0.2, 0) is 9.68 Å². The number of phenolic OH excluding ortho intramolecular Hbond substituents is 1. The van der Waals surface area contributed by atoms with Crippen molar-refractivity contribution in [3.63, 3.8) is 0 Å². The van der Waals surface area contributed by atoms with E-state index in [0.717, 1.165) is 18.2 Å². The van der Waals surface area contributed by atoms with Crippen LogP contribution in [0.1, 0.15) is 20.7 Å². The second kappa shape index (κ2) is 8.53. The highest BCUT2D eigenvalue weighted by atomic mass is 16.8. The predicted molar refractivity (Wildman–Crippen MR) is 98.4 cm³/mol. The van der Waals surface area contributed by atoms with Crippen LogP contribution in [0.4, 0.5) is 11.4 Å². The van der Waals surface area contributed by atoms with Gasteiger partial charge in [0, 0.05) is 6.07 Å². The van der Waals surface area contributed by atoms with Gasteiger partial charge in [0.15, 0.2) is 5.75 Å². The maximum atomic E-state index is 12.2. The molecule has 9 nitrogen and oxygen atoms in total. The van der Waals surface area contributed by atoms with Gasteiger partial charge in [-0.2, -0.15) is 0 Å². The van der Waals surface area contributed by atoms with E-state index >= 15 is 0 Å². The van der Waals surface area contributed by atoms with Crippen LogP contribution >= 0.6 is 0 Å². The second-order valence-corrected chi connectivity index (χ2v) is 5.68. The number of carbonyl (C=O) groups is 2. The number of benzene rings is 3. The minimum atomic E-state index is -0.958. The van der Waals surface area contributed by atoms with E-state index in [2.05, 4.69) is 9.68 Å². The fourth-order valence-corrected chi connectivity index (χ4v) is 2.28.